The predicted octanol–water partition coefficient (Wildman–Crippen LogP) is 2.35. The van der Waals surface area contributed by atoms with E-state index in [2.05, 4.69) is 5.32 Å². The van der Waals surface area contributed by atoms with Crippen LogP contribution in [-0.2, 0) is 4.79 Å². The number of halogens is 3. The molecular weight excluding hydrogens is 269 g/mol. The van der Waals surface area contributed by atoms with Gasteiger partial charge >= 0.3 is 11.5 Å². The highest BCUT2D eigenvalue weighted by Gasteiger charge is 2.30. The second kappa shape index (κ2) is 4.52. The fourth-order valence-corrected chi connectivity index (χ4v) is 2.02. The van der Waals surface area contributed by atoms with Gasteiger partial charge in [-0.2, -0.15) is 13.2 Å². The number of hydrogen-bond acceptors (Lipinski definition) is 3. The first-order valence-electron chi connectivity index (χ1n) is 4.82. The van der Waals surface area contributed by atoms with Gasteiger partial charge in [0.25, 0.3) is 0 Å². The molecule has 0 unspecified atom stereocenters. The van der Waals surface area contributed by atoms with Crippen LogP contribution in [0.5, 0.6) is 0 Å². The molecule has 1 fully saturated rings. The smallest absolute Gasteiger partial charge is 0.285 e. The first-order chi connectivity index (χ1) is 8.35. The molecular formula is C10H7F3N2O2S. The van der Waals surface area contributed by atoms with Crippen molar-refractivity contribution in [2.75, 3.05) is 11.4 Å². The van der Waals surface area contributed by atoms with E-state index in [1.165, 1.54) is 24.3 Å². The van der Waals surface area contributed by atoms with Crippen molar-refractivity contribution in [3.8, 4) is 0 Å². The first-order valence-corrected chi connectivity index (χ1v) is 5.64. The molecule has 1 N–H and O–H groups in total. The summed E-state index contributed by atoms with van der Waals surface area (Å²) in [5.41, 5.74) is -3.97. The molecule has 1 aliphatic rings. The van der Waals surface area contributed by atoms with E-state index >= 15 is 0 Å². The molecule has 4 nitrogen and oxygen atoms in total. The minimum absolute atomic E-state index is 0.0252. The first kappa shape index (κ1) is 12.7. The Hall–Kier alpha value is -1.70. The van der Waals surface area contributed by atoms with E-state index < -0.39 is 17.4 Å². The Morgan fingerprint density at radius 3 is 2.22 bits per heavy atom. The maximum atomic E-state index is 12.1. The van der Waals surface area contributed by atoms with Crippen LogP contribution in [-0.4, -0.2) is 24.0 Å². The summed E-state index contributed by atoms with van der Waals surface area (Å²) < 4.78 is 36.3. The summed E-state index contributed by atoms with van der Waals surface area (Å²) in [6.45, 7) is -0.120. The highest BCUT2D eigenvalue weighted by atomic mass is 32.2. The fourth-order valence-electron chi connectivity index (χ4n) is 1.48. The van der Waals surface area contributed by atoms with E-state index in [0.717, 1.165) is 4.90 Å². The van der Waals surface area contributed by atoms with Crippen molar-refractivity contribution in [3.05, 3.63) is 24.3 Å². The second-order valence-corrected chi connectivity index (χ2v) is 4.62. The Morgan fingerprint density at radius 2 is 1.78 bits per heavy atom. The molecule has 1 aromatic rings. The zero-order chi connectivity index (χ0) is 13.3. The van der Waals surface area contributed by atoms with Gasteiger partial charge in [-0.3, -0.25) is 15.0 Å². The number of urea groups is 1. The molecule has 1 heterocycles. The highest BCUT2D eigenvalue weighted by Crippen LogP contribution is 2.37. The van der Waals surface area contributed by atoms with Gasteiger partial charge in [0.2, 0.25) is 5.91 Å². The normalized spacial score (nSPS) is 16.1. The van der Waals surface area contributed by atoms with Crippen LogP contribution in [0.3, 0.4) is 0 Å². The van der Waals surface area contributed by atoms with Gasteiger partial charge in [-0.15, -0.1) is 0 Å². The molecule has 0 bridgehead atoms. The van der Waals surface area contributed by atoms with Crippen molar-refractivity contribution in [2.45, 2.75) is 10.4 Å². The lowest BCUT2D eigenvalue weighted by molar-refractivity contribution is -0.117. The fraction of sp³-hybridized carbons (Fsp3) is 0.200. The Bertz CT molecular complexity index is 487. The molecule has 0 radical (unpaired) electrons. The van der Waals surface area contributed by atoms with E-state index in [9.17, 15) is 22.8 Å². The lowest BCUT2D eigenvalue weighted by Gasteiger charge is -2.13. The van der Waals surface area contributed by atoms with Gasteiger partial charge < -0.3 is 0 Å². The van der Waals surface area contributed by atoms with Crippen LogP contribution in [0, 0.1) is 0 Å². The van der Waals surface area contributed by atoms with Gasteiger partial charge in [0, 0.05) is 10.6 Å². The van der Waals surface area contributed by atoms with Crippen LogP contribution in [0.1, 0.15) is 0 Å². The molecule has 0 spiro atoms. The average Bonchev–Trinajstić information content (AvgIpc) is 2.57. The topological polar surface area (TPSA) is 49.4 Å². The van der Waals surface area contributed by atoms with Crippen LogP contribution in [0.25, 0.3) is 0 Å². The van der Waals surface area contributed by atoms with Crippen LogP contribution in [0.15, 0.2) is 29.2 Å². The number of thioether (sulfide) groups is 1. The largest absolute Gasteiger partial charge is 0.446 e. The zero-order valence-corrected chi connectivity index (χ0v) is 9.64. The lowest BCUT2D eigenvalue weighted by atomic mass is 10.3. The highest BCUT2D eigenvalue weighted by molar-refractivity contribution is 8.00. The monoisotopic (exact) mass is 276 g/mol. The second-order valence-electron chi connectivity index (χ2n) is 3.48. The summed E-state index contributed by atoms with van der Waals surface area (Å²) in [4.78, 5) is 23.5. The van der Waals surface area contributed by atoms with Crippen molar-refractivity contribution in [2.24, 2.45) is 0 Å². The quantitative estimate of drug-likeness (QED) is 0.666. The maximum absolute atomic E-state index is 12.1. The molecule has 1 saturated heterocycles. The number of alkyl halides is 3. The van der Waals surface area contributed by atoms with Crippen molar-refractivity contribution in [3.63, 3.8) is 0 Å². The van der Waals surface area contributed by atoms with Crippen LogP contribution in [0.4, 0.5) is 23.7 Å². The Labute approximate surface area is 104 Å². The van der Waals surface area contributed by atoms with Crippen molar-refractivity contribution < 1.29 is 22.8 Å². The number of nitrogens with zero attached hydrogens (tertiary/aromatic N) is 1. The lowest BCUT2D eigenvalue weighted by Crippen LogP contribution is -2.27. The number of anilines is 1. The third-order valence-corrected chi connectivity index (χ3v) is 2.91. The van der Waals surface area contributed by atoms with Gasteiger partial charge in [0.05, 0.1) is 0 Å². The van der Waals surface area contributed by atoms with Gasteiger partial charge in [-0.1, -0.05) is 0 Å². The number of imide groups is 1. The van der Waals surface area contributed by atoms with E-state index in [1.807, 2.05) is 0 Å². The molecule has 18 heavy (non-hydrogen) atoms. The number of carbonyl (C=O) groups excluding carboxylic acids is 2. The third kappa shape index (κ3) is 2.95. The van der Waals surface area contributed by atoms with E-state index in [0.29, 0.717) is 5.69 Å². The number of hydrogen-bond donors (Lipinski definition) is 1. The van der Waals surface area contributed by atoms with Gasteiger partial charge in [0.15, 0.2) is 0 Å². The molecule has 3 amide bonds. The van der Waals surface area contributed by atoms with E-state index in [4.69, 9.17) is 0 Å². The predicted molar refractivity (Wildman–Crippen MR) is 59.2 cm³/mol. The third-order valence-electron chi connectivity index (χ3n) is 2.18. The van der Waals surface area contributed by atoms with E-state index in [-0.39, 0.29) is 23.2 Å². The van der Waals surface area contributed by atoms with Crippen molar-refractivity contribution in [1.29, 1.82) is 0 Å². The summed E-state index contributed by atoms with van der Waals surface area (Å²) in [7, 11) is 0. The van der Waals surface area contributed by atoms with Crippen LogP contribution >= 0.6 is 11.8 Å². The Kier molecular flexibility index (Phi) is 3.20. The molecule has 0 atom stereocenters. The maximum Gasteiger partial charge on any atom is 0.446 e. The van der Waals surface area contributed by atoms with Gasteiger partial charge in [0.1, 0.15) is 6.54 Å². The molecule has 0 saturated carbocycles. The zero-order valence-electron chi connectivity index (χ0n) is 8.82. The Morgan fingerprint density at radius 1 is 1.17 bits per heavy atom. The Balaban J connectivity index is 2.13. The number of nitrogens with one attached hydrogen (secondary N) is 1. The number of carbonyl (C=O) groups is 2. The molecule has 0 aliphatic carbocycles. The summed E-state index contributed by atoms with van der Waals surface area (Å²) in [6, 6.07) is 4.67. The summed E-state index contributed by atoms with van der Waals surface area (Å²) >= 11 is -0.233. The number of rotatable bonds is 2. The molecule has 2 rings (SSSR count). The molecule has 8 heteroatoms. The average molecular weight is 276 g/mol. The van der Waals surface area contributed by atoms with Crippen LogP contribution in [0.2, 0.25) is 0 Å². The standard InChI is InChI=1S/C10H7F3N2O2S/c11-10(12,13)18-7-3-1-6(2-4-7)15-5-8(16)14-9(15)17/h1-4H,5H2,(H,14,16,17). The van der Waals surface area contributed by atoms with Crippen molar-refractivity contribution in [1.82, 2.24) is 5.32 Å². The summed E-state index contributed by atoms with van der Waals surface area (Å²) in [5, 5.41) is 2.08. The molecule has 1 aromatic carbocycles. The minimum Gasteiger partial charge on any atom is -0.285 e. The summed E-state index contributed by atoms with van der Waals surface area (Å²) in [6.07, 6.45) is 0. The molecule has 0 aromatic heterocycles. The van der Waals surface area contributed by atoms with Gasteiger partial charge in [-0.25, -0.2) is 4.79 Å². The SMILES string of the molecule is O=C1CN(c2ccc(SC(F)(F)F)cc2)C(=O)N1. The van der Waals surface area contributed by atoms with Gasteiger partial charge in [-0.05, 0) is 36.0 Å². The number of amides is 3. The van der Waals surface area contributed by atoms with Crippen molar-refractivity contribution >= 4 is 29.4 Å². The number of benzene rings is 1. The summed E-state index contributed by atoms with van der Waals surface area (Å²) in [5.74, 6) is -0.436. The van der Waals surface area contributed by atoms with E-state index in [1.54, 1.807) is 0 Å². The minimum atomic E-state index is -4.34. The molecule has 96 valence electrons. The van der Waals surface area contributed by atoms with Crippen LogP contribution < -0.4 is 10.2 Å². The molecule has 1 aliphatic heterocycles.